The average Bonchev–Trinajstić information content (AvgIpc) is 2.25. The first-order chi connectivity index (χ1) is 7.25. The van der Waals surface area contributed by atoms with Crippen LogP contribution in [0.5, 0.6) is 0 Å². The van der Waals surface area contributed by atoms with E-state index >= 15 is 0 Å². The number of aromatic nitrogens is 2. The number of nitrogens with zero attached hydrogens (tertiary/aromatic N) is 2. The zero-order chi connectivity index (χ0) is 10.7. The molecule has 15 heavy (non-hydrogen) atoms. The van der Waals surface area contributed by atoms with E-state index < -0.39 is 0 Å². The molecule has 1 aromatic heterocycles. The van der Waals surface area contributed by atoms with E-state index in [-0.39, 0.29) is 0 Å². The van der Waals surface area contributed by atoms with Gasteiger partial charge in [-0.2, -0.15) is 10.2 Å². The van der Waals surface area contributed by atoms with Gasteiger partial charge in [-0.05, 0) is 29.8 Å². The van der Waals surface area contributed by atoms with Crippen molar-refractivity contribution in [3.05, 3.63) is 57.8 Å². The average molecular weight is 239 g/mol. The maximum Gasteiger partial charge on any atom is 0.0674 e. The van der Waals surface area contributed by atoms with Gasteiger partial charge in [0.15, 0.2) is 0 Å². The molecule has 0 aliphatic rings. The van der Waals surface area contributed by atoms with E-state index in [4.69, 9.17) is 23.2 Å². The molecule has 0 spiro atoms. The van der Waals surface area contributed by atoms with Gasteiger partial charge in [-0.1, -0.05) is 29.3 Å². The lowest BCUT2D eigenvalue weighted by Gasteiger charge is -2.01. The Labute approximate surface area is 97.9 Å². The van der Waals surface area contributed by atoms with Gasteiger partial charge in [0.05, 0.1) is 15.7 Å². The minimum absolute atomic E-state index is 0.568. The number of rotatable bonds is 2. The lowest BCUT2D eigenvalue weighted by Crippen LogP contribution is -1.93. The van der Waals surface area contributed by atoms with Crippen LogP contribution >= 0.6 is 23.2 Å². The van der Waals surface area contributed by atoms with Crippen LogP contribution in [0.1, 0.15) is 11.3 Å². The van der Waals surface area contributed by atoms with Gasteiger partial charge in [0.1, 0.15) is 0 Å². The number of halogens is 2. The highest BCUT2D eigenvalue weighted by Crippen LogP contribution is 2.23. The maximum absolute atomic E-state index is 5.91. The molecule has 0 saturated heterocycles. The Balaban J connectivity index is 2.22. The van der Waals surface area contributed by atoms with E-state index in [1.54, 1.807) is 12.3 Å². The first kappa shape index (κ1) is 10.4. The van der Waals surface area contributed by atoms with Gasteiger partial charge in [0.2, 0.25) is 0 Å². The summed E-state index contributed by atoms with van der Waals surface area (Å²) in [5, 5.41) is 8.95. The smallest absolute Gasteiger partial charge is 0.0674 e. The van der Waals surface area contributed by atoms with Crippen molar-refractivity contribution in [2.75, 3.05) is 0 Å². The topological polar surface area (TPSA) is 25.8 Å². The summed E-state index contributed by atoms with van der Waals surface area (Å²) in [6, 6.07) is 9.35. The Kier molecular flexibility index (Phi) is 3.19. The van der Waals surface area contributed by atoms with E-state index in [0.29, 0.717) is 16.5 Å². The van der Waals surface area contributed by atoms with Crippen molar-refractivity contribution in [1.29, 1.82) is 0 Å². The van der Waals surface area contributed by atoms with Gasteiger partial charge in [0, 0.05) is 12.6 Å². The van der Waals surface area contributed by atoms with Crippen LogP contribution in [0.2, 0.25) is 10.0 Å². The molecule has 1 heterocycles. The van der Waals surface area contributed by atoms with Crippen LogP contribution in [-0.4, -0.2) is 10.2 Å². The van der Waals surface area contributed by atoms with Gasteiger partial charge in [-0.15, -0.1) is 0 Å². The summed E-state index contributed by atoms with van der Waals surface area (Å²) >= 11 is 11.7. The second-order valence-electron chi connectivity index (χ2n) is 3.14. The quantitative estimate of drug-likeness (QED) is 0.802. The summed E-state index contributed by atoms with van der Waals surface area (Å²) < 4.78 is 0. The van der Waals surface area contributed by atoms with Gasteiger partial charge in [-0.25, -0.2) is 0 Å². The Morgan fingerprint density at radius 1 is 1.07 bits per heavy atom. The number of hydrogen-bond acceptors (Lipinski definition) is 2. The molecule has 0 bridgehead atoms. The first-order valence-corrected chi connectivity index (χ1v) is 5.22. The monoisotopic (exact) mass is 238 g/mol. The number of benzene rings is 1. The standard InChI is InChI=1S/C11H8Cl2N2/c12-10-4-3-8(7-11(10)13)6-9-2-1-5-14-15-9/h1-5,7H,6H2. The van der Waals surface area contributed by atoms with Gasteiger partial charge >= 0.3 is 0 Å². The van der Waals surface area contributed by atoms with Crippen LogP contribution in [0.4, 0.5) is 0 Å². The molecule has 0 saturated carbocycles. The lowest BCUT2D eigenvalue weighted by atomic mass is 10.1. The fraction of sp³-hybridized carbons (Fsp3) is 0.0909. The number of hydrogen-bond donors (Lipinski definition) is 0. The second-order valence-corrected chi connectivity index (χ2v) is 3.95. The SMILES string of the molecule is Clc1ccc(Cc2cccnn2)cc1Cl. The van der Waals surface area contributed by atoms with E-state index in [2.05, 4.69) is 10.2 Å². The summed E-state index contributed by atoms with van der Waals surface area (Å²) in [6.07, 6.45) is 2.36. The molecule has 2 aromatic rings. The highest BCUT2D eigenvalue weighted by molar-refractivity contribution is 6.42. The molecular formula is C11H8Cl2N2. The van der Waals surface area contributed by atoms with E-state index in [1.807, 2.05) is 24.3 Å². The molecule has 0 atom stereocenters. The zero-order valence-corrected chi connectivity index (χ0v) is 9.33. The van der Waals surface area contributed by atoms with E-state index in [9.17, 15) is 0 Å². The van der Waals surface area contributed by atoms with Crippen LogP contribution in [0.3, 0.4) is 0 Å². The predicted molar refractivity (Wildman–Crippen MR) is 61.3 cm³/mol. The van der Waals surface area contributed by atoms with Crippen LogP contribution < -0.4 is 0 Å². The van der Waals surface area contributed by atoms with Crippen molar-refractivity contribution in [3.8, 4) is 0 Å². The van der Waals surface area contributed by atoms with Crippen LogP contribution in [0.15, 0.2) is 36.5 Å². The van der Waals surface area contributed by atoms with Gasteiger partial charge in [0.25, 0.3) is 0 Å². The molecule has 0 aliphatic carbocycles. The third-order valence-corrected chi connectivity index (χ3v) is 2.74. The Morgan fingerprint density at radius 2 is 1.93 bits per heavy atom. The van der Waals surface area contributed by atoms with Crippen molar-refractivity contribution in [2.24, 2.45) is 0 Å². The molecule has 0 radical (unpaired) electrons. The van der Waals surface area contributed by atoms with Crippen molar-refractivity contribution < 1.29 is 0 Å². The largest absolute Gasteiger partial charge is 0.159 e. The second kappa shape index (κ2) is 4.60. The molecule has 2 nitrogen and oxygen atoms in total. The summed E-state index contributed by atoms with van der Waals surface area (Å²) in [6.45, 7) is 0. The third kappa shape index (κ3) is 2.67. The van der Waals surface area contributed by atoms with Crippen molar-refractivity contribution in [3.63, 3.8) is 0 Å². The fourth-order valence-corrected chi connectivity index (χ4v) is 1.61. The van der Waals surface area contributed by atoms with Crippen LogP contribution in [0, 0.1) is 0 Å². The Bertz CT molecular complexity index is 457. The van der Waals surface area contributed by atoms with Gasteiger partial charge < -0.3 is 0 Å². The first-order valence-electron chi connectivity index (χ1n) is 4.46. The van der Waals surface area contributed by atoms with Gasteiger partial charge in [-0.3, -0.25) is 0 Å². The molecule has 2 rings (SSSR count). The molecule has 4 heteroatoms. The highest BCUT2D eigenvalue weighted by atomic mass is 35.5. The zero-order valence-electron chi connectivity index (χ0n) is 7.82. The van der Waals surface area contributed by atoms with Crippen molar-refractivity contribution in [1.82, 2.24) is 10.2 Å². The van der Waals surface area contributed by atoms with E-state index in [1.165, 1.54) is 0 Å². The Hall–Kier alpha value is -1.12. The Morgan fingerprint density at radius 3 is 2.60 bits per heavy atom. The summed E-state index contributed by atoms with van der Waals surface area (Å²) in [5.74, 6) is 0. The summed E-state index contributed by atoms with van der Waals surface area (Å²) in [4.78, 5) is 0. The summed E-state index contributed by atoms with van der Waals surface area (Å²) in [5.41, 5.74) is 1.99. The van der Waals surface area contributed by atoms with Crippen molar-refractivity contribution >= 4 is 23.2 Å². The molecule has 0 unspecified atom stereocenters. The van der Waals surface area contributed by atoms with Crippen LogP contribution in [-0.2, 0) is 6.42 Å². The third-order valence-electron chi connectivity index (χ3n) is 2.00. The lowest BCUT2D eigenvalue weighted by molar-refractivity contribution is 0.937. The molecule has 1 aromatic carbocycles. The predicted octanol–water partition coefficient (Wildman–Crippen LogP) is 3.37. The summed E-state index contributed by atoms with van der Waals surface area (Å²) in [7, 11) is 0. The van der Waals surface area contributed by atoms with E-state index in [0.717, 1.165) is 11.3 Å². The van der Waals surface area contributed by atoms with Crippen LogP contribution in [0.25, 0.3) is 0 Å². The molecule has 0 N–H and O–H groups in total. The molecule has 76 valence electrons. The minimum atomic E-state index is 0.568. The molecule has 0 amide bonds. The molecule has 0 aliphatic heterocycles. The van der Waals surface area contributed by atoms with Crippen molar-refractivity contribution in [2.45, 2.75) is 6.42 Å². The maximum atomic E-state index is 5.91. The molecule has 0 fully saturated rings. The molecular weight excluding hydrogens is 231 g/mol. The highest BCUT2D eigenvalue weighted by Gasteiger charge is 2.01. The normalized spacial score (nSPS) is 10.3. The minimum Gasteiger partial charge on any atom is -0.159 e. The fourth-order valence-electron chi connectivity index (χ4n) is 1.29.